The second-order valence-electron chi connectivity index (χ2n) is 5.85. The maximum absolute atomic E-state index is 12.6. The molecule has 0 amide bonds. The van der Waals surface area contributed by atoms with Gasteiger partial charge in [0.25, 0.3) is 5.91 Å². The Hall–Kier alpha value is -3.33. The topological polar surface area (TPSA) is 31.2 Å². The molecule has 0 atom stereocenters. The predicted molar refractivity (Wildman–Crippen MR) is 98.9 cm³/mol. The van der Waals surface area contributed by atoms with Crippen molar-refractivity contribution in [2.24, 2.45) is 0 Å². The molecular weight excluding hydrogens is 310 g/mol. The number of hydrogen-bond acceptors (Lipinski definition) is 2. The van der Waals surface area contributed by atoms with Crippen LogP contribution in [0, 0.1) is 0 Å². The van der Waals surface area contributed by atoms with Crippen LogP contribution in [-0.2, 0) is 6.61 Å². The molecule has 122 valence electrons. The van der Waals surface area contributed by atoms with Gasteiger partial charge in [-0.05, 0) is 42.0 Å². The molecule has 1 aromatic heterocycles. The first-order chi connectivity index (χ1) is 12.3. The smallest absolute Gasteiger partial charge is 0.262 e. The zero-order valence-corrected chi connectivity index (χ0v) is 13.6. The summed E-state index contributed by atoms with van der Waals surface area (Å²) in [4.78, 5) is 12.6. The monoisotopic (exact) mass is 327 g/mol. The van der Waals surface area contributed by atoms with Gasteiger partial charge in [-0.25, -0.2) is 0 Å². The Morgan fingerprint density at radius 2 is 1.56 bits per heavy atom. The lowest BCUT2D eigenvalue weighted by molar-refractivity contribution is 0.0965. The highest BCUT2D eigenvalue weighted by Gasteiger charge is 2.11. The fraction of sp³-hybridized carbons (Fsp3) is 0.0455. The van der Waals surface area contributed by atoms with Gasteiger partial charge >= 0.3 is 0 Å². The molecule has 1 heterocycles. The van der Waals surface area contributed by atoms with E-state index in [1.807, 2.05) is 84.9 Å². The second-order valence-corrected chi connectivity index (χ2v) is 5.85. The minimum Gasteiger partial charge on any atom is -0.489 e. The minimum absolute atomic E-state index is 0.0337. The van der Waals surface area contributed by atoms with E-state index in [9.17, 15) is 4.79 Å². The third kappa shape index (κ3) is 3.17. The van der Waals surface area contributed by atoms with Crippen molar-refractivity contribution in [1.82, 2.24) is 4.57 Å². The van der Waals surface area contributed by atoms with E-state index in [1.54, 1.807) is 10.8 Å². The fourth-order valence-corrected chi connectivity index (χ4v) is 2.85. The molecule has 0 spiro atoms. The number of benzene rings is 3. The van der Waals surface area contributed by atoms with E-state index < -0.39 is 0 Å². The van der Waals surface area contributed by atoms with Crippen molar-refractivity contribution in [2.45, 2.75) is 6.61 Å². The summed E-state index contributed by atoms with van der Waals surface area (Å²) in [6.07, 6.45) is 1.81. The Balaban J connectivity index is 1.58. The van der Waals surface area contributed by atoms with Crippen LogP contribution in [0.3, 0.4) is 0 Å². The van der Waals surface area contributed by atoms with Gasteiger partial charge in [0.05, 0.1) is 5.52 Å². The van der Waals surface area contributed by atoms with Crippen molar-refractivity contribution in [3.63, 3.8) is 0 Å². The molecule has 0 saturated heterocycles. The highest BCUT2D eigenvalue weighted by molar-refractivity contribution is 6.02. The molecule has 0 N–H and O–H groups in total. The van der Waals surface area contributed by atoms with Gasteiger partial charge in [0, 0.05) is 17.1 Å². The van der Waals surface area contributed by atoms with E-state index in [0.717, 1.165) is 22.2 Å². The first-order valence-electron chi connectivity index (χ1n) is 8.19. The van der Waals surface area contributed by atoms with Crippen LogP contribution in [0.15, 0.2) is 91.1 Å². The van der Waals surface area contributed by atoms with Crippen molar-refractivity contribution in [3.05, 3.63) is 102 Å². The molecule has 0 fully saturated rings. The average Bonchev–Trinajstić information content (AvgIpc) is 3.10. The summed E-state index contributed by atoms with van der Waals surface area (Å²) in [5.74, 6) is 0.759. The summed E-state index contributed by atoms with van der Waals surface area (Å²) in [5.41, 5.74) is 2.67. The second kappa shape index (κ2) is 6.65. The summed E-state index contributed by atoms with van der Waals surface area (Å²) in [6, 6.07) is 27.1. The molecule has 0 bridgehead atoms. The number of aromatic nitrogens is 1. The van der Waals surface area contributed by atoms with Gasteiger partial charge in [-0.1, -0.05) is 48.5 Å². The van der Waals surface area contributed by atoms with Crippen molar-refractivity contribution in [3.8, 4) is 5.75 Å². The van der Waals surface area contributed by atoms with Crippen LogP contribution in [-0.4, -0.2) is 10.5 Å². The van der Waals surface area contributed by atoms with Crippen molar-refractivity contribution < 1.29 is 9.53 Å². The Morgan fingerprint density at radius 1 is 0.840 bits per heavy atom. The van der Waals surface area contributed by atoms with Crippen LogP contribution in [0.25, 0.3) is 10.9 Å². The average molecular weight is 327 g/mol. The molecule has 3 heteroatoms. The van der Waals surface area contributed by atoms with Gasteiger partial charge in [-0.2, -0.15) is 0 Å². The molecular formula is C22H17NO2. The van der Waals surface area contributed by atoms with Gasteiger partial charge in [0.1, 0.15) is 12.4 Å². The summed E-state index contributed by atoms with van der Waals surface area (Å²) in [7, 11) is 0. The first kappa shape index (κ1) is 15.2. The quantitative estimate of drug-likeness (QED) is 0.533. The van der Waals surface area contributed by atoms with E-state index in [-0.39, 0.29) is 5.91 Å². The summed E-state index contributed by atoms with van der Waals surface area (Å²) >= 11 is 0. The molecule has 25 heavy (non-hydrogen) atoms. The molecule has 0 aliphatic rings. The van der Waals surface area contributed by atoms with E-state index >= 15 is 0 Å². The molecule has 0 saturated carbocycles. The lowest BCUT2D eigenvalue weighted by Gasteiger charge is -2.08. The summed E-state index contributed by atoms with van der Waals surface area (Å²) in [5, 5.41) is 0.981. The normalized spacial score (nSPS) is 10.7. The highest BCUT2D eigenvalue weighted by Crippen LogP contribution is 2.23. The van der Waals surface area contributed by atoms with Crippen LogP contribution in [0.4, 0.5) is 0 Å². The van der Waals surface area contributed by atoms with Gasteiger partial charge in [0.2, 0.25) is 0 Å². The third-order valence-electron chi connectivity index (χ3n) is 4.15. The molecule has 4 rings (SSSR count). The molecule has 4 aromatic rings. The van der Waals surface area contributed by atoms with Gasteiger partial charge in [-0.15, -0.1) is 0 Å². The lowest BCUT2D eigenvalue weighted by atomic mass is 10.2. The van der Waals surface area contributed by atoms with Crippen molar-refractivity contribution >= 4 is 16.8 Å². The van der Waals surface area contributed by atoms with E-state index in [4.69, 9.17) is 4.74 Å². The van der Waals surface area contributed by atoms with E-state index in [2.05, 4.69) is 0 Å². The third-order valence-corrected chi connectivity index (χ3v) is 4.15. The summed E-state index contributed by atoms with van der Waals surface area (Å²) < 4.78 is 7.53. The Labute approximate surface area is 146 Å². The van der Waals surface area contributed by atoms with Crippen LogP contribution >= 0.6 is 0 Å². The van der Waals surface area contributed by atoms with Gasteiger partial charge in [0.15, 0.2) is 0 Å². The Kier molecular flexibility index (Phi) is 4.05. The van der Waals surface area contributed by atoms with E-state index in [1.165, 1.54) is 0 Å². The maximum atomic E-state index is 12.6. The largest absolute Gasteiger partial charge is 0.489 e. The molecule has 0 aliphatic carbocycles. The fourth-order valence-electron chi connectivity index (χ4n) is 2.85. The van der Waals surface area contributed by atoms with Gasteiger partial charge < -0.3 is 4.74 Å². The number of fused-ring (bicyclic) bond motifs is 1. The van der Waals surface area contributed by atoms with Gasteiger partial charge in [-0.3, -0.25) is 9.36 Å². The van der Waals surface area contributed by atoms with E-state index in [0.29, 0.717) is 12.2 Å². The number of carbonyl (C=O) groups is 1. The molecule has 3 aromatic carbocycles. The number of carbonyl (C=O) groups excluding carboxylic acids is 1. The molecule has 0 unspecified atom stereocenters. The number of ether oxygens (including phenoxy) is 1. The van der Waals surface area contributed by atoms with Crippen LogP contribution in [0.2, 0.25) is 0 Å². The highest BCUT2D eigenvalue weighted by atomic mass is 16.5. The molecule has 0 radical (unpaired) electrons. The Morgan fingerprint density at radius 3 is 2.32 bits per heavy atom. The molecule has 3 nitrogen and oxygen atoms in total. The number of nitrogens with zero attached hydrogens (tertiary/aromatic N) is 1. The first-order valence-corrected chi connectivity index (χ1v) is 8.19. The zero-order valence-electron chi connectivity index (χ0n) is 13.6. The summed E-state index contributed by atoms with van der Waals surface area (Å²) in [6.45, 7) is 0.524. The standard InChI is InChI=1S/C22H17NO2/c24-22(18-9-5-2-6-10-18)23-14-13-19-15-20(11-12-21(19)23)25-16-17-7-3-1-4-8-17/h1-15H,16H2. The number of rotatable bonds is 4. The van der Waals surface area contributed by atoms with Crippen LogP contribution in [0.5, 0.6) is 5.75 Å². The molecule has 0 aliphatic heterocycles. The number of hydrogen-bond donors (Lipinski definition) is 0. The van der Waals surface area contributed by atoms with Crippen molar-refractivity contribution in [1.29, 1.82) is 0 Å². The predicted octanol–water partition coefficient (Wildman–Crippen LogP) is 4.91. The zero-order chi connectivity index (χ0) is 17.1. The lowest BCUT2D eigenvalue weighted by Crippen LogP contribution is -2.10. The van der Waals surface area contributed by atoms with Crippen LogP contribution < -0.4 is 4.74 Å². The van der Waals surface area contributed by atoms with Crippen molar-refractivity contribution in [2.75, 3.05) is 0 Å². The van der Waals surface area contributed by atoms with Crippen LogP contribution in [0.1, 0.15) is 15.9 Å². The maximum Gasteiger partial charge on any atom is 0.262 e. The SMILES string of the molecule is O=C(c1ccccc1)n1ccc2cc(OCc3ccccc3)ccc21. The Bertz CT molecular complexity index is 1000. The minimum atomic E-state index is -0.0337.